The number of aliphatic imine (C=N–C) groups is 1. The van der Waals surface area contributed by atoms with Crippen LogP contribution in [0.3, 0.4) is 0 Å². The van der Waals surface area contributed by atoms with E-state index in [-0.39, 0.29) is 6.10 Å². The maximum absolute atomic E-state index is 9.06. The van der Waals surface area contributed by atoms with Gasteiger partial charge in [0.05, 0.1) is 41.7 Å². The minimum atomic E-state index is 0.214. The fourth-order valence-corrected chi connectivity index (χ4v) is 4.51. The second-order valence-corrected chi connectivity index (χ2v) is 7.62. The molecule has 0 saturated carbocycles. The molecule has 2 unspecified atom stereocenters. The van der Waals surface area contributed by atoms with Crippen LogP contribution in [0.5, 0.6) is 0 Å². The van der Waals surface area contributed by atoms with E-state index in [0.29, 0.717) is 10.8 Å². The van der Waals surface area contributed by atoms with Gasteiger partial charge in [-0.25, -0.2) is 0 Å². The number of ether oxygens (including phenoxy) is 1. The van der Waals surface area contributed by atoms with Crippen molar-refractivity contribution in [1.29, 1.82) is 5.26 Å². The lowest BCUT2D eigenvalue weighted by atomic mass is 9.90. The Balaban J connectivity index is 1.72. The molecule has 26 heavy (non-hydrogen) atoms. The van der Waals surface area contributed by atoms with E-state index >= 15 is 0 Å². The lowest BCUT2D eigenvalue weighted by Gasteiger charge is -2.26. The predicted octanol–water partition coefficient (Wildman–Crippen LogP) is 3.57. The summed E-state index contributed by atoms with van der Waals surface area (Å²) < 4.78 is 5.94. The van der Waals surface area contributed by atoms with E-state index in [2.05, 4.69) is 34.6 Å². The van der Waals surface area contributed by atoms with Crippen LogP contribution in [0.2, 0.25) is 0 Å². The molecule has 2 heterocycles. The van der Waals surface area contributed by atoms with Crippen LogP contribution in [-0.2, 0) is 11.2 Å². The third-order valence-corrected chi connectivity index (χ3v) is 5.85. The van der Waals surface area contributed by atoms with E-state index < -0.39 is 0 Å². The van der Waals surface area contributed by atoms with Crippen molar-refractivity contribution in [3.63, 3.8) is 0 Å². The second-order valence-electron chi connectivity index (χ2n) is 6.56. The van der Waals surface area contributed by atoms with Crippen molar-refractivity contribution < 1.29 is 4.74 Å². The lowest BCUT2D eigenvalue weighted by molar-refractivity contribution is 0.0291. The maximum atomic E-state index is 9.06. The molecule has 1 saturated heterocycles. The van der Waals surface area contributed by atoms with Crippen LogP contribution in [0.25, 0.3) is 11.1 Å². The molecule has 0 aromatic heterocycles. The van der Waals surface area contributed by atoms with Crippen molar-refractivity contribution in [2.75, 3.05) is 26.2 Å². The molecule has 2 aromatic carbocycles. The monoisotopic (exact) mass is 363 g/mol. The highest BCUT2D eigenvalue weighted by Gasteiger charge is 2.24. The molecule has 1 fully saturated rings. The number of thioether (sulfide) groups is 1. The van der Waals surface area contributed by atoms with Crippen LogP contribution in [0.4, 0.5) is 0 Å². The van der Waals surface area contributed by atoms with E-state index in [1.165, 1.54) is 16.7 Å². The fourth-order valence-electron chi connectivity index (χ4n) is 3.60. The Morgan fingerprint density at radius 2 is 2.12 bits per heavy atom. The van der Waals surface area contributed by atoms with E-state index in [1.54, 1.807) is 11.8 Å². The summed E-state index contributed by atoms with van der Waals surface area (Å²) in [7, 11) is 0. The number of nitrogens with one attached hydrogen (secondary N) is 1. The molecule has 0 spiro atoms. The minimum absolute atomic E-state index is 0.214. The SMILES string of the molecule is N#Cc1ccc(-c2cccc(CC3CNCCO3)c2C2CN=CS2)cc1. The zero-order valence-corrected chi connectivity index (χ0v) is 15.3. The van der Waals surface area contributed by atoms with Gasteiger partial charge in [-0.15, -0.1) is 11.8 Å². The predicted molar refractivity (Wildman–Crippen MR) is 107 cm³/mol. The number of benzene rings is 2. The molecule has 5 heteroatoms. The first-order valence-corrected chi connectivity index (χ1v) is 9.88. The first-order chi connectivity index (χ1) is 12.8. The summed E-state index contributed by atoms with van der Waals surface area (Å²) in [5.41, 5.74) is 7.72. The number of nitriles is 1. The Morgan fingerprint density at radius 1 is 1.23 bits per heavy atom. The van der Waals surface area contributed by atoms with Crippen molar-refractivity contribution in [1.82, 2.24) is 5.32 Å². The minimum Gasteiger partial charge on any atom is -0.375 e. The van der Waals surface area contributed by atoms with Gasteiger partial charge in [-0.2, -0.15) is 5.26 Å². The Labute approximate surface area is 158 Å². The molecule has 0 radical (unpaired) electrons. The topological polar surface area (TPSA) is 57.4 Å². The third-order valence-electron chi connectivity index (χ3n) is 4.87. The zero-order chi connectivity index (χ0) is 17.8. The normalized spacial score (nSPS) is 22.3. The van der Waals surface area contributed by atoms with Crippen molar-refractivity contribution >= 4 is 17.3 Å². The van der Waals surface area contributed by atoms with E-state index in [9.17, 15) is 0 Å². The van der Waals surface area contributed by atoms with Gasteiger partial charge in [-0.05, 0) is 34.4 Å². The van der Waals surface area contributed by atoms with E-state index in [4.69, 9.17) is 10.00 Å². The van der Waals surface area contributed by atoms with Crippen LogP contribution in [0.1, 0.15) is 21.9 Å². The van der Waals surface area contributed by atoms with Crippen LogP contribution in [-0.4, -0.2) is 37.9 Å². The maximum Gasteiger partial charge on any atom is 0.0991 e. The molecule has 132 valence electrons. The Bertz CT molecular complexity index is 827. The Hall–Kier alpha value is -2.13. The molecule has 0 bridgehead atoms. The molecular formula is C21H21N3OS. The van der Waals surface area contributed by atoms with Gasteiger partial charge >= 0.3 is 0 Å². The Morgan fingerprint density at radius 3 is 2.81 bits per heavy atom. The van der Waals surface area contributed by atoms with Gasteiger partial charge in [0.25, 0.3) is 0 Å². The van der Waals surface area contributed by atoms with Crippen LogP contribution in [0.15, 0.2) is 47.5 Å². The number of nitrogens with zero attached hydrogens (tertiary/aromatic N) is 2. The second kappa shape index (κ2) is 8.05. The van der Waals surface area contributed by atoms with Crippen LogP contribution < -0.4 is 5.32 Å². The molecule has 4 nitrogen and oxygen atoms in total. The van der Waals surface area contributed by atoms with Crippen LogP contribution in [0, 0.1) is 11.3 Å². The third kappa shape index (κ3) is 3.68. The molecular weight excluding hydrogens is 342 g/mol. The number of morpholine rings is 1. The van der Waals surface area contributed by atoms with Crippen molar-refractivity contribution in [3.8, 4) is 17.2 Å². The molecule has 2 aromatic rings. The van der Waals surface area contributed by atoms with Gasteiger partial charge in [0.2, 0.25) is 0 Å². The molecule has 2 aliphatic rings. The average Bonchev–Trinajstić information content (AvgIpc) is 3.23. The summed E-state index contributed by atoms with van der Waals surface area (Å²) in [6, 6.07) is 16.6. The van der Waals surface area contributed by atoms with Gasteiger partial charge in [-0.3, -0.25) is 4.99 Å². The summed E-state index contributed by atoms with van der Waals surface area (Å²) in [5, 5.41) is 12.8. The summed E-state index contributed by atoms with van der Waals surface area (Å²) >= 11 is 1.79. The Kier molecular flexibility index (Phi) is 5.35. The molecule has 1 N–H and O–H groups in total. The first-order valence-electron chi connectivity index (χ1n) is 8.93. The highest BCUT2D eigenvalue weighted by Crippen LogP contribution is 2.40. The standard InChI is InChI=1S/C21H21N3OS/c22-11-15-4-6-16(7-5-15)19-3-1-2-17(10-18-12-23-8-9-25-18)21(19)20-13-24-14-26-20/h1-7,14,18,20,23H,8-10,12-13H2. The van der Waals surface area contributed by atoms with Gasteiger partial charge in [0.1, 0.15) is 0 Å². The fraction of sp³-hybridized carbons (Fsp3) is 0.333. The van der Waals surface area contributed by atoms with Gasteiger partial charge in [-0.1, -0.05) is 30.3 Å². The number of hydrogen-bond acceptors (Lipinski definition) is 5. The van der Waals surface area contributed by atoms with Gasteiger partial charge in [0.15, 0.2) is 0 Å². The molecule has 4 rings (SSSR count). The first kappa shape index (κ1) is 17.3. The van der Waals surface area contributed by atoms with E-state index in [0.717, 1.165) is 38.2 Å². The number of rotatable bonds is 4. The smallest absolute Gasteiger partial charge is 0.0991 e. The number of hydrogen-bond donors (Lipinski definition) is 1. The quantitative estimate of drug-likeness (QED) is 0.902. The summed E-state index contributed by atoms with van der Waals surface area (Å²) in [6.07, 6.45) is 1.12. The van der Waals surface area contributed by atoms with E-state index in [1.807, 2.05) is 29.8 Å². The highest BCUT2D eigenvalue weighted by molar-refractivity contribution is 8.12. The summed E-state index contributed by atoms with van der Waals surface area (Å²) in [4.78, 5) is 4.44. The molecule has 2 aliphatic heterocycles. The van der Waals surface area contributed by atoms with Gasteiger partial charge < -0.3 is 10.1 Å². The van der Waals surface area contributed by atoms with Gasteiger partial charge in [0, 0.05) is 19.5 Å². The highest BCUT2D eigenvalue weighted by atomic mass is 32.2. The molecule has 0 aliphatic carbocycles. The molecule has 2 atom stereocenters. The summed E-state index contributed by atoms with van der Waals surface area (Å²) in [5.74, 6) is 0. The van der Waals surface area contributed by atoms with Crippen molar-refractivity contribution in [2.24, 2.45) is 4.99 Å². The summed E-state index contributed by atoms with van der Waals surface area (Å²) in [6.45, 7) is 3.42. The molecule has 0 amide bonds. The van der Waals surface area contributed by atoms with Crippen molar-refractivity contribution in [3.05, 3.63) is 59.2 Å². The lowest BCUT2D eigenvalue weighted by Crippen LogP contribution is -2.39. The van der Waals surface area contributed by atoms with Crippen molar-refractivity contribution in [2.45, 2.75) is 17.8 Å². The largest absolute Gasteiger partial charge is 0.375 e. The average molecular weight is 363 g/mol. The zero-order valence-electron chi connectivity index (χ0n) is 14.5. The van der Waals surface area contributed by atoms with Crippen LogP contribution >= 0.6 is 11.8 Å².